The first kappa shape index (κ1) is 13.5. The van der Waals surface area contributed by atoms with Crippen LogP contribution in [0.2, 0.25) is 0 Å². The molecular formula is C15H19NO3. The van der Waals surface area contributed by atoms with Crippen molar-refractivity contribution in [1.29, 1.82) is 0 Å². The molecule has 0 aliphatic rings. The van der Waals surface area contributed by atoms with E-state index in [0.29, 0.717) is 13.0 Å². The van der Waals surface area contributed by atoms with Gasteiger partial charge in [-0.1, -0.05) is 6.07 Å². The van der Waals surface area contributed by atoms with Crippen molar-refractivity contribution in [3.05, 3.63) is 30.5 Å². The molecule has 0 unspecified atom stereocenters. The molecule has 0 spiro atoms. The Morgan fingerprint density at radius 1 is 1.37 bits per heavy atom. The van der Waals surface area contributed by atoms with Gasteiger partial charge in [0.05, 0.1) is 11.6 Å². The lowest BCUT2D eigenvalue weighted by Crippen LogP contribution is -2.05. The Hall–Kier alpha value is -1.97. The van der Waals surface area contributed by atoms with Crippen molar-refractivity contribution in [2.75, 3.05) is 0 Å². The first-order chi connectivity index (χ1) is 9.08. The van der Waals surface area contributed by atoms with Crippen LogP contribution in [0.4, 0.5) is 0 Å². The fraction of sp³-hybridized carbons (Fsp3) is 0.400. The van der Waals surface area contributed by atoms with E-state index < -0.39 is 5.97 Å². The third-order valence-corrected chi connectivity index (χ3v) is 2.93. The minimum absolute atomic E-state index is 0.140. The van der Waals surface area contributed by atoms with Crippen LogP contribution in [-0.2, 0) is 11.3 Å². The minimum atomic E-state index is -0.750. The number of rotatable bonds is 6. The summed E-state index contributed by atoms with van der Waals surface area (Å²) in [4.78, 5) is 10.5. The smallest absolute Gasteiger partial charge is 0.303 e. The highest BCUT2D eigenvalue weighted by Crippen LogP contribution is 2.27. The summed E-state index contributed by atoms with van der Waals surface area (Å²) in [5, 5.41) is 9.74. The van der Waals surface area contributed by atoms with Crippen LogP contribution in [-0.4, -0.2) is 21.7 Å². The summed E-state index contributed by atoms with van der Waals surface area (Å²) >= 11 is 0. The maximum absolute atomic E-state index is 10.5. The van der Waals surface area contributed by atoms with E-state index in [1.165, 1.54) is 0 Å². The van der Waals surface area contributed by atoms with Crippen LogP contribution in [0.5, 0.6) is 5.75 Å². The number of fused-ring (bicyclic) bond motifs is 1. The van der Waals surface area contributed by atoms with Crippen LogP contribution in [0.1, 0.15) is 26.7 Å². The number of hydrogen-bond donors (Lipinski definition) is 1. The molecule has 0 saturated heterocycles. The summed E-state index contributed by atoms with van der Waals surface area (Å²) in [5.41, 5.74) is 1.09. The molecule has 4 nitrogen and oxygen atoms in total. The number of carboxylic acids is 1. The van der Waals surface area contributed by atoms with Gasteiger partial charge in [-0.3, -0.25) is 4.79 Å². The first-order valence-electron chi connectivity index (χ1n) is 6.54. The van der Waals surface area contributed by atoms with Crippen molar-refractivity contribution < 1.29 is 14.6 Å². The number of ether oxygens (including phenoxy) is 1. The Morgan fingerprint density at radius 2 is 2.16 bits per heavy atom. The molecule has 19 heavy (non-hydrogen) atoms. The minimum Gasteiger partial charge on any atom is -0.490 e. The number of hydrogen-bond acceptors (Lipinski definition) is 2. The van der Waals surface area contributed by atoms with Crippen molar-refractivity contribution in [2.45, 2.75) is 39.3 Å². The predicted octanol–water partition coefficient (Wildman–Crippen LogP) is 3.29. The van der Waals surface area contributed by atoms with Gasteiger partial charge in [0.25, 0.3) is 0 Å². The summed E-state index contributed by atoms with van der Waals surface area (Å²) in [6.07, 6.45) is 2.96. The molecule has 4 heteroatoms. The summed E-state index contributed by atoms with van der Waals surface area (Å²) < 4.78 is 7.85. The lowest BCUT2D eigenvalue weighted by atomic mass is 10.2. The average Bonchev–Trinajstić information content (AvgIpc) is 2.73. The third kappa shape index (κ3) is 3.28. The van der Waals surface area contributed by atoms with E-state index in [0.717, 1.165) is 16.7 Å². The van der Waals surface area contributed by atoms with Gasteiger partial charge in [0.1, 0.15) is 5.75 Å². The van der Waals surface area contributed by atoms with Crippen LogP contribution < -0.4 is 4.74 Å². The maximum atomic E-state index is 10.5. The monoisotopic (exact) mass is 261 g/mol. The zero-order chi connectivity index (χ0) is 13.8. The van der Waals surface area contributed by atoms with Gasteiger partial charge in [0.2, 0.25) is 0 Å². The molecule has 0 amide bonds. The third-order valence-electron chi connectivity index (χ3n) is 2.93. The standard InChI is InChI=1S/C15H19NO3/c1-11(2)19-14-6-3-5-13-12(14)8-10-16(13)9-4-7-15(17)18/h3,5-6,8,10-11H,4,7,9H2,1-2H3,(H,17,18). The van der Waals surface area contributed by atoms with E-state index in [4.69, 9.17) is 9.84 Å². The highest BCUT2D eigenvalue weighted by Gasteiger charge is 2.08. The maximum Gasteiger partial charge on any atom is 0.303 e. The van der Waals surface area contributed by atoms with E-state index in [2.05, 4.69) is 4.57 Å². The zero-order valence-corrected chi connectivity index (χ0v) is 11.3. The average molecular weight is 261 g/mol. The first-order valence-corrected chi connectivity index (χ1v) is 6.54. The van der Waals surface area contributed by atoms with E-state index in [1.54, 1.807) is 0 Å². The second kappa shape index (κ2) is 5.78. The normalized spacial score (nSPS) is 11.1. The van der Waals surface area contributed by atoms with Gasteiger partial charge in [0, 0.05) is 24.5 Å². The second-order valence-electron chi connectivity index (χ2n) is 4.86. The number of carbonyl (C=O) groups is 1. The molecule has 1 aromatic carbocycles. The quantitative estimate of drug-likeness (QED) is 0.868. The Kier molecular flexibility index (Phi) is 4.10. The van der Waals surface area contributed by atoms with Crippen LogP contribution in [0.3, 0.4) is 0 Å². The van der Waals surface area contributed by atoms with Gasteiger partial charge < -0.3 is 14.4 Å². The Labute approximate surface area is 112 Å². The number of aliphatic carboxylic acids is 1. The molecule has 0 aliphatic heterocycles. The highest BCUT2D eigenvalue weighted by molar-refractivity contribution is 5.86. The van der Waals surface area contributed by atoms with Gasteiger partial charge in [-0.25, -0.2) is 0 Å². The molecule has 1 N–H and O–H groups in total. The molecule has 102 valence electrons. The van der Waals surface area contributed by atoms with Gasteiger partial charge in [-0.05, 0) is 38.5 Å². The topological polar surface area (TPSA) is 51.5 Å². The Morgan fingerprint density at radius 3 is 2.84 bits per heavy atom. The number of benzene rings is 1. The number of aryl methyl sites for hydroxylation is 1. The number of nitrogens with zero attached hydrogens (tertiary/aromatic N) is 1. The largest absolute Gasteiger partial charge is 0.490 e. The molecule has 0 aliphatic carbocycles. The molecule has 0 atom stereocenters. The van der Waals surface area contributed by atoms with Crippen LogP contribution in [0.15, 0.2) is 30.5 Å². The summed E-state index contributed by atoms with van der Waals surface area (Å²) in [6, 6.07) is 7.98. The summed E-state index contributed by atoms with van der Waals surface area (Å²) in [7, 11) is 0. The van der Waals surface area contributed by atoms with Crippen molar-refractivity contribution in [1.82, 2.24) is 4.57 Å². The Bertz CT molecular complexity index is 572. The van der Waals surface area contributed by atoms with Gasteiger partial charge in [-0.15, -0.1) is 0 Å². The van der Waals surface area contributed by atoms with Crippen LogP contribution in [0.25, 0.3) is 10.9 Å². The fourth-order valence-electron chi connectivity index (χ4n) is 2.15. The van der Waals surface area contributed by atoms with Crippen molar-refractivity contribution in [2.24, 2.45) is 0 Å². The molecule has 1 aromatic heterocycles. The number of aromatic nitrogens is 1. The lowest BCUT2D eigenvalue weighted by molar-refractivity contribution is -0.137. The highest BCUT2D eigenvalue weighted by atomic mass is 16.5. The molecule has 1 heterocycles. The van der Waals surface area contributed by atoms with Crippen LogP contribution in [0, 0.1) is 0 Å². The molecule has 0 bridgehead atoms. The predicted molar refractivity (Wildman–Crippen MR) is 74.6 cm³/mol. The zero-order valence-electron chi connectivity index (χ0n) is 11.3. The van der Waals surface area contributed by atoms with Gasteiger partial charge in [0.15, 0.2) is 0 Å². The summed E-state index contributed by atoms with van der Waals surface area (Å²) in [6.45, 7) is 4.71. The Balaban J connectivity index is 2.20. The van der Waals surface area contributed by atoms with E-state index in [-0.39, 0.29) is 12.5 Å². The van der Waals surface area contributed by atoms with E-state index >= 15 is 0 Å². The SMILES string of the molecule is CC(C)Oc1cccc2c1ccn2CCCC(=O)O. The molecule has 0 radical (unpaired) electrons. The molecule has 2 rings (SSSR count). The van der Waals surface area contributed by atoms with Crippen molar-refractivity contribution in [3.63, 3.8) is 0 Å². The molecule has 0 saturated carbocycles. The number of carboxylic acid groups (broad SMARTS) is 1. The van der Waals surface area contributed by atoms with E-state index in [1.807, 2.05) is 44.3 Å². The second-order valence-corrected chi connectivity index (χ2v) is 4.86. The lowest BCUT2D eigenvalue weighted by Gasteiger charge is -2.11. The molecule has 2 aromatic rings. The molecule has 0 fully saturated rings. The van der Waals surface area contributed by atoms with Crippen molar-refractivity contribution >= 4 is 16.9 Å². The van der Waals surface area contributed by atoms with Gasteiger partial charge >= 0.3 is 5.97 Å². The van der Waals surface area contributed by atoms with E-state index in [9.17, 15) is 4.79 Å². The van der Waals surface area contributed by atoms with Gasteiger partial charge in [-0.2, -0.15) is 0 Å². The van der Waals surface area contributed by atoms with Crippen LogP contribution >= 0.6 is 0 Å². The molecular weight excluding hydrogens is 242 g/mol. The summed E-state index contributed by atoms with van der Waals surface area (Å²) in [5.74, 6) is 0.129. The fourth-order valence-corrected chi connectivity index (χ4v) is 2.15. The van der Waals surface area contributed by atoms with Crippen molar-refractivity contribution in [3.8, 4) is 5.75 Å².